The predicted octanol–water partition coefficient (Wildman–Crippen LogP) is 10.9. The van der Waals surface area contributed by atoms with E-state index in [1.807, 2.05) is 21.1 Å². The maximum Gasteiger partial charge on any atom is 0.306 e. The molecular weight excluding hydrogens is 677 g/mol. The molecular formula is C42H80NO8P. The SMILES string of the molecule is CCCCCCC/C=C\C/C=C\CCCCCCCCCCCCCC(=O)OC(COC(=O)CCCCCCC)COP(=O)([O-])OCC[N+](C)(C)C. The number of hydrogen-bond acceptors (Lipinski definition) is 8. The average Bonchev–Trinajstić information content (AvgIpc) is 3.09. The minimum absolute atomic E-state index is 0.0300. The van der Waals surface area contributed by atoms with E-state index in [4.69, 9.17) is 18.5 Å². The average molecular weight is 758 g/mol. The van der Waals surface area contributed by atoms with Gasteiger partial charge in [-0.25, -0.2) is 0 Å². The third-order valence-corrected chi connectivity index (χ3v) is 9.94. The first-order chi connectivity index (χ1) is 25.0. The van der Waals surface area contributed by atoms with Crippen molar-refractivity contribution in [2.75, 3.05) is 47.5 Å². The normalized spacial score (nSPS) is 13.9. The molecule has 0 aliphatic carbocycles. The second kappa shape index (κ2) is 35.2. The highest BCUT2D eigenvalue weighted by molar-refractivity contribution is 7.45. The molecule has 52 heavy (non-hydrogen) atoms. The van der Waals surface area contributed by atoms with E-state index in [1.165, 1.54) is 89.9 Å². The van der Waals surface area contributed by atoms with E-state index in [1.54, 1.807) is 0 Å². The molecule has 0 N–H and O–H groups in total. The third kappa shape index (κ3) is 38.2. The number of phosphoric ester groups is 1. The van der Waals surface area contributed by atoms with Crippen LogP contribution in [0.25, 0.3) is 0 Å². The van der Waals surface area contributed by atoms with Crippen molar-refractivity contribution in [3.63, 3.8) is 0 Å². The van der Waals surface area contributed by atoms with Crippen LogP contribution in [0, 0.1) is 0 Å². The first kappa shape index (κ1) is 50.5. The zero-order chi connectivity index (χ0) is 38.6. The topological polar surface area (TPSA) is 111 Å². The Balaban J connectivity index is 4.11. The Labute approximate surface area is 319 Å². The fourth-order valence-electron chi connectivity index (χ4n) is 5.63. The van der Waals surface area contributed by atoms with E-state index >= 15 is 0 Å². The van der Waals surface area contributed by atoms with Gasteiger partial charge in [0.05, 0.1) is 27.7 Å². The summed E-state index contributed by atoms with van der Waals surface area (Å²) in [6, 6.07) is 0. The number of ether oxygens (including phenoxy) is 2. The number of hydrogen-bond donors (Lipinski definition) is 0. The first-order valence-electron chi connectivity index (χ1n) is 21.0. The number of phosphoric acid groups is 1. The molecule has 0 aromatic carbocycles. The molecule has 0 bridgehead atoms. The highest BCUT2D eigenvalue weighted by Gasteiger charge is 2.21. The van der Waals surface area contributed by atoms with Gasteiger partial charge in [0.15, 0.2) is 6.10 Å². The maximum atomic E-state index is 12.6. The van der Waals surface area contributed by atoms with Crippen LogP contribution in [0.3, 0.4) is 0 Å². The van der Waals surface area contributed by atoms with Gasteiger partial charge in [0, 0.05) is 12.8 Å². The van der Waals surface area contributed by atoms with Crippen LogP contribution < -0.4 is 4.89 Å². The Kier molecular flexibility index (Phi) is 34.2. The highest BCUT2D eigenvalue weighted by atomic mass is 31.2. The van der Waals surface area contributed by atoms with Crippen LogP contribution in [0.4, 0.5) is 0 Å². The lowest BCUT2D eigenvalue weighted by atomic mass is 10.0. The molecule has 0 fully saturated rings. The number of esters is 2. The molecule has 0 saturated carbocycles. The van der Waals surface area contributed by atoms with Gasteiger partial charge in [-0.2, -0.15) is 0 Å². The molecule has 306 valence electrons. The van der Waals surface area contributed by atoms with E-state index in [2.05, 4.69) is 38.2 Å². The molecule has 0 amide bonds. The number of quaternary nitrogens is 1. The van der Waals surface area contributed by atoms with Crippen molar-refractivity contribution in [3.05, 3.63) is 24.3 Å². The summed E-state index contributed by atoms with van der Waals surface area (Å²) in [4.78, 5) is 37.1. The molecule has 0 radical (unpaired) electrons. The minimum atomic E-state index is -4.61. The lowest BCUT2D eigenvalue weighted by Gasteiger charge is -2.28. The molecule has 0 heterocycles. The quantitative estimate of drug-likeness (QED) is 0.0201. The summed E-state index contributed by atoms with van der Waals surface area (Å²) in [5.74, 6) is -0.848. The van der Waals surface area contributed by atoms with Gasteiger partial charge in [0.25, 0.3) is 7.82 Å². The van der Waals surface area contributed by atoms with E-state index < -0.39 is 32.5 Å². The lowest BCUT2D eigenvalue weighted by Crippen LogP contribution is -2.37. The largest absolute Gasteiger partial charge is 0.756 e. The van der Waals surface area contributed by atoms with Gasteiger partial charge in [-0.1, -0.05) is 147 Å². The first-order valence-corrected chi connectivity index (χ1v) is 22.5. The zero-order valence-electron chi connectivity index (χ0n) is 34.3. The number of carbonyl (C=O) groups excluding carboxylic acids is 2. The van der Waals surface area contributed by atoms with Gasteiger partial charge in [-0.3, -0.25) is 14.2 Å². The fraction of sp³-hybridized carbons (Fsp3) is 0.857. The molecule has 0 aromatic rings. The molecule has 10 heteroatoms. The van der Waals surface area contributed by atoms with Gasteiger partial charge in [-0.15, -0.1) is 0 Å². The standard InChI is InChI=1S/C42H80NO8P/c1-6-8-10-12-13-14-15-16-17-18-19-20-21-22-23-24-25-26-27-28-29-31-33-35-42(45)51-40(38-48-41(44)34-32-30-11-9-7-2)39-50-52(46,47)49-37-36-43(3,4)5/h15-16,18-19,40H,6-14,17,20-39H2,1-5H3/b16-15-,19-18-. The van der Waals surface area contributed by atoms with Crippen LogP contribution in [0.5, 0.6) is 0 Å². The molecule has 0 rings (SSSR count). The lowest BCUT2D eigenvalue weighted by molar-refractivity contribution is -0.870. The number of nitrogens with zero attached hydrogens (tertiary/aromatic N) is 1. The van der Waals surface area contributed by atoms with E-state index in [0.29, 0.717) is 17.4 Å². The summed E-state index contributed by atoms with van der Waals surface area (Å²) in [6.07, 6.45) is 36.8. The second-order valence-electron chi connectivity index (χ2n) is 15.4. The molecule has 9 nitrogen and oxygen atoms in total. The van der Waals surface area contributed by atoms with Crippen molar-refractivity contribution >= 4 is 19.8 Å². The number of allylic oxidation sites excluding steroid dienone is 4. The smallest absolute Gasteiger partial charge is 0.306 e. The summed E-state index contributed by atoms with van der Waals surface area (Å²) in [5, 5.41) is 0. The maximum absolute atomic E-state index is 12.6. The van der Waals surface area contributed by atoms with Crippen LogP contribution >= 0.6 is 7.82 Å². The van der Waals surface area contributed by atoms with Crippen molar-refractivity contribution in [1.29, 1.82) is 0 Å². The Hall–Kier alpha value is -1.51. The third-order valence-electron chi connectivity index (χ3n) is 8.97. The van der Waals surface area contributed by atoms with Crippen LogP contribution in [-0.2, 0) is 32.7 Å². The molecule has 0 spiro atoms. The Morgan fingerprint density at radius 3 is 1.52 bits per heavy atom. The van der Waals surface area contributed by atoms with Gasteiger partial charge in [-0.05, 0) is 44.9 Å². The molecule has 0 aliphatic rings. The van der Waals surface area contributed by atoms with Gasteiger partial charge in [0.2, 0.25) is 0 Å². The van der Waals surface area contributed by atoms with Gasteiger partial charge >= 0.3 is 11.9 Å². The summed E-state index contributed by atoms with van der Waals surface area (Å²) in [5.41, 5.74) is 0. The van der Waals surface area contributed by atoms with Crippen LogP contribution in [0.2, 0.25) is 0 Å². The van der Waals surface area contributed by atoms with Crippen molar-refractivity contribution in [1.82, 2.24) is 0 Å². The second-order valence-corrected chi connectivity index (χ2v) is 16.8. The Morgan fingerprint density at radius 2 is 1.04 bits per heavy atom. The van der Waals surface area contributed by atoms with Gasteiger partial charge in [0.1, 0.15) is 19.8 Å². The molecule has 0 aliphatic heterocycles. The Morgan fingerprint density at radius 1 is 0.596 bits per heavy atom. The monoisotopic (exact) mass is 758 g/mol. The molecule has 0 aromatic heterocycles. The van der Waals surface area contributed by atoms with Crippen molar-refractivity contribution in [2.24, 2.45) is 0 Å². The number of unbranched alkanes of at least 4 members (excludes halogenated alkanes) is 20. The summed E-state index contributed by atoms with van der Waals surface area (Å²) >= 11 is 0. The van der Waals surface area contributed by atoms with Crippen LogP contribution in [-0.4, -0.2) is 70.0 Å². The predicted molar refractivity (Wildman–Crippen MR) is 213 cm³/mol. The van der Waals surface area contributed by atoms with Crippen molar-refractivity contribution in [3.8, 4) is 0 Å². The number of likely N-dealkylation sites (N-methyl/N-ethyl adjacent to an activating group) is 1. The minimum Gasteiger partial charge on any atom is -0.756 e. The van der Waals surface area contributed by atoms with Crippen LogP contribution in [0.15, 0.2) is 24.3 Å². The highest BCUT2D eigenvalue weighted by Crippen LogP contribution is 2.38. The molecule has 2 unspecified atom stereocenters. The number of rotatable bonds is 38. The van der Waals surface area contributed by atoms with Crippen LogP contribution in [0.1, 0.15) is 181 Å². The number of carbonyl (C=O) groups is 2. The molecule has 0 saturated heterocycles. The van der Waals surface area contributed by atoms with E-state index in [0.717, 1.165) is 57.8 Å². The fourth-order valence-corrected chi connectivity index (χ4v) is 6.35. The van der Waals surface area contributed by atoms with Crippen molar-refractivity contribution in [2.45, 2.75) is 187 Å². The van der Waals surface area contributed by atoms with Crippen molar-refractivity contribution < 1.29 is 42.1 Å². The summed E-state index contributed by atoms with van der Waals surface area (Å²) in [7, 11) is 1.16. The van der Waals surface area contributed by atoms with Gasteiger partial charge < -0.3 is 27.9 Å². The van der Waals surface area contributed by atoms with E-state index in [-0.39, 0.29) is 26.1 Å². The summed E-state index contributed by atoms with van der Waals surface area (Å²) in [6.45, 7) is 4.12. The summed E-state index contributed by atoms with van der Waals surface area (Å²) < 4.78 is 33.6. The van der Waals surface area contributed by atoms with E-state index in [9.17, 15) is 19.0 Å². The molecule has 2 atom stereocenters. The Bertz CT molecular complexity index is 949. The zero-order valence-corrected chi connectivity index (χ0v) is 35.2.